The largest absolute Gasteiger partial charge is 0.365 e. The molecule has 1 saturated carbocycles. The highest BCUT2D eigenvalue weighted by atomic mass is 16.5. The summed E-state index contributed by atoms with van der Waals surface area (Å²) in [6.07, 6.45) is 8.60. The molecule has 1 nitrogen and oxygen atoms in total. The molecule has 0 bridgehead atoms. The van der Waals surface area contributed by atoms with E-state index in [0.29, 0.717) is 12.7 Å². The van der Waals surface area contributed by atoms with Gasteiger partial charge in [-0.05, 0) is 19.3 Å². The molecule has 0 aromatic rings. The van der Waals surface area contributed by atoms with Gasteiger partial charge in [0.1, 0.15) is 6.61 Å². The van der Waals surface area contributed by atoms with Gasteiger partial charge in [0, 0.05) is 0 Å². The van der Waals surface area contributed by atoms with Crippen molar-refractivity contribution >= 4 is 0 Å². The van der Waals surface area contributed by atoms with Crippen LogP contribution in [0, 0.1) is 12.3 Å². The van der Waals surface area contributed by atoms with Crippen LogP contribution < -0.4 is 0 Å². The van der Waals surface area contributed by atoms with Crippen molar-refractivity contribution in [3.63, 3.8) is 0 Å². The van der Waals surface area contributed by atoms with Crippen LogP contribution in [0.15, 0.2) is 12.2 Å². The van der Waals surface area contributed by atoms with Crippen molar-refractivity contribution in [1.82, 2.24) is 0 Å². The van der Waals surface area contributed by atoms with Crippen molar-refractivity contribution in [2.24, 2.45) is 0 Å². The fourth-order valence-electron chi connectivity index (χ4n) is 1.20. The molecular weight excluding hydrogens is 124 g/mol. The summed E-state index contributed by atoms with van der Waals surface area (Å²) < 4.78 is 5.33. The van der Waals surface area contributed by atoms with Crippen molar-refractivity contribution in [2.75, 3.05) is 6.61 Å². The molecular formula is C9H12O. The zero-order valence-corrected chi connectivity index (χ0v) is 6.10. The standard InChI is InChI=1S/C9H12O/c1-3-6-10-9-5-4-8(2)7-9/h1,9H,2,4-7H2. The third-order valence-corrected chi connectivity index (χ3v) is 1.74. The van der Waals surface area contributed by atoms with E-state index >= 15 is 0 Å². The first kappa shape index (κ1) is 7.37. The maximum atomic E-state index is 5.33. The molecule has 0 spiro atoms. The zero-order valence-electron chi connectivity index (χ0n) is 6.10. The van der Waals surface area contributed by atoms with Gasteiger partial charge in [-0.2, -0.15) is 0 Å². The Morgan fingerprint density at radius 2 is 2.60 bits per heavy atom. The minimum Gasteiger partial charge on any atom is -0.365 e. The molecule has 0 heterocycles. The van der Waals surface area contributed by atoms with Gasteiger partial charge in [0.25, 0.3) is 0 Å². The first-order chi connectivity index (χ1) is 4.83. The van der Waals surface area contributed by atoms with Crippen LogP contribution in [-0.2, 0) is 4.74 Å². The van der Waals surface area contributed by atoms with Crippen LogP contribution in [0.3, 0.4) is 0 Å². The third-order valence-electron chi connectivity index (χ3n) is 1.74. The van der Waals surface area contributed by atoms with E-state index in [1.807, 2.05) is 0 Å². The lowest BCUT2D eigenvalue weighted by atomic mass is 10.3. The molecule has 0 radical (unpaired) electrons. The molecule has 1 atom stereocenters. The average molecular weight is 136 g/mol. The predicted molar refractivity (Wildman–Crippen MR) is 41.6 cm³/mol. The molecule has 1 unspecified atom stereocenters. The molecule has 1 aliphatic carbocycles. The van der Waals surface area contributed by atoms with Gasteiger partial charge < -0.3 is 4.74 Å². The highest BCUT2D eigenvalue weighted by Gasteiger charge is 2.17. The number of hydrogen-bond acceptors (Lipinski definition) is 1. The molecule has 54 valence electrons. The summed E-state index contributed by atoms with van der Waals surface area (Å²) in [6, 6.07) is 0. The van der Waals surface area contributed by atoms with Gasteiger partial charge in [-0.3, -0.25) is 0 Å². The first-order valence-corrected chi connectivity index (χ1v) is 3.54. The lowest BCUT2D eigenvalue weighted by molar-refractivity contribution is 0.0859. The van der Waals surface area contributed by atoms with E-state index in [4.69, 9.17) is 11.2 Å². The van der Waals surface area contributed by atoms with E-state index in [0.717, 1.165) is 19.3 Å². The minimum absolute atomic E-state index is 0.351. The Hall–Kier alpha value is -0.740. The summed E-state index contributed by atoms with van der Waals surface area (Å²) in [7, 11) is 0. The first-order valence-electron chi connectivity index (χ1n) is 3.54. The molecule has 1 rings (SSSR count). The molecule has 0 saturated heterocycles. The van der Waals surface area contributed by atoms with Gasteiger partial charge in [-0.1, -0.05) is 18.1 Å². The van der Waals surface area contributed by atoms with Gasteiger partial charge in [0.05, 0.1) is 6.10 Å². The summed E-state index contributed by atoms with van der Waals surface area (Å²) in [4.78, 5) is 0. The van der Waals surface area contributed by atoms with Gasteiger partial charge >= 0.3 is 0 Å². The molecule has 1 fully saturated rings. The van der Waals surface area contributed by atoms with Crippen LogP contribution >= 0.6 is 0 Å². The fraction of sp³-hybridized carbons (Fsp3) is 0.556. The maximum Gasteiger partial charge on any atom is 0.107 e. The van der Waals surface area contributed by atoms with Gasteiger partial charge in [-0.25, -0.2) is 0 Å². The Kier molecular flexibility index (Phi) is 2.53. The summed E-state index contributed by atoms with van der Waals surface area (Å²) in [6.45, 7) is 4.32. The molecule has 0 aromatic heterocycles. The van der Waals surface area contributed by atoms with Crippen LogP contribution in [0.25, 0.3) is 0 Å². The average Bonchev–Trinajstić information content (AvgIpc) is 2.31. The monoisotopic (exact) mass is 136 g/mol. The molecule has 1 heteroatoms. The molecule has 0 N–H and O–H groups in total. The van der Waals surface area contributed by atoms with Crippen molar-refractivity contribution in [3.8, 4) is 12.3 Å². The van der Waals surface area contributed by atoms with E-state index in [1.165, 1.54) is 5.57 Å². The molecule has 0 amide bonds. The van der Waals surface area contributed by atoms with Gasteiger partial charge in [0.15, 0.2) is 0 Å². The van der Waals surface area contributed by atoms with E-state index in [1.54, 1.807) is 0 Å². The van der Waals surface area contributed by atoms with Crippen LogP contribution in [0.5, 0.6) is 0 Å². The SMILES string of the molecule is C#CCOC1CCC(=C)C1. The normalized spacial score (nSPS) is 24.7. The van der Waals surface area contributed by atoms with Crippen LogP contribution in [-0.4, -0.2) is 12.7 Å². The van der Waals surface area contributed by atoms with Gasteiger partial charge in [0.2, 0.25) is 0 Å². The highest BCUT2D eigenvalue weighted by molar-refractivity contribution is 5.03. The topological polar surface area (TPSA) is 9.23 Å². The Bertz CT molecular complexity index is 164. The predicted octanol–water partition coefficient (Wildman–Crippen LogP) is 1.74. The lowest BCUT2D eigenvalue weighted by Gasteiger charge is -2.06. The second kappa shape index (κ2) is 3.43. The van der Waals surface area contributed by atoms with Crippen molar-refractivity contribution in [2.45, 2.75) is 25.4 Å². The Balaban J connectivity index is 2.20. The minimum atomic E-state index is 0.351. The summed E-state index contributed by atoms with van der Waals surface area (Å²) in [5, 5.41) is 0. The smallest absolute Gasteiger partial charge is 0.107 e. The lowest BCUT2D eigenvalue weighted by Crippen LogP contribution is -2.06. The number of hydrogen-bond donors (Lipinski definition) is 0. The summed E-state index contributed by atoms with van der Waals surface area (Å²) >= 11 is 0. The third kappa shape index (κ3) is 1.89. The zero-order chi connectivity index (χ0) is 7.40. The number of terminal acetylenes is 1. The highest BCUT2D eigenvalue weighted by Crippen LogP contribution is 2.24. The molecule has 0 aromatic carbocycles. The Labute approximate surface area is 62.1 Å². The van der Waals surface area contributed by atoms with Crippen molar-refractivity contribution in [3.05, 3.63) is 12.2 Å². The second-order valence-corrected chi connectivity index (χ2v) is 2.63. The Morgan fingerprint density at radius 1 is 1.80 bits per heavy atom. The molecule has 10 heavy (non-hydrogen) atoms. The van der Waals surface area contributed by atoms with Gasteiger partial charge in [-0.15, -0.1) is 6.42 Å². The molecule has 1 aliphatic rings. The summed E-state index contributed by atoms with van der Waals surface area (Å²) in [5.74, 6) is 2.46. The number of ether oxygens (including phenoxy) is 1. The summed E-state index contributed by atoms with van der Waals surface area (Å²) in [5.41, 5.74) is 1.29. The van der Waals surface area contributed by atoms with E-state index < -0.39 is 0 Å². The van der Waals surface area contributed by atoms with Crippen LogP contribution in [0.4, 0.5) is 0 Å². The van der Waals surface area contributed by atoms with Crippen molar-refractivity contribution < 1.29 is 4.74 Å². The fourth-order valence-corrected chi connectivity index (χ4v) is 1.20. The van der Waals surface area contributed by atoms with Crippen LogP contribution in [0.2, 0.25) is 0 Å². The number of rotatable bonds is 2. The Morgan fingerprint density at radius 3 is 3.10 bits per heavy atom. The van der Waals surface area contributed by atoms with E-state index in [2.05, 4.69) is 12.5 Å². The molecule has 0 aliphatic heterocycles. The van der Waals surface area contributed by atoms with E-state index in [9.17, 15) is 0 Å². The van der Waals surface area contributed by atoms with E-state index in [-0.39, 0.29) is 0 Å². The second-order valence-electron chi connectivity index (χ2n) is 2.63. The van der Waals surface area contributed by atoms with Crippen LogP contribution in [0.1, 0.15) is 19.3 Å². The maximum absolute atomic E-state index is 5.33. The quantitative estimate of drug-likeness (QED) is 0.415. The van der Waals surface area contributed by atoms with Crippen molar-refractivity contribution in [1.29, 1.82) is 0 Å².